The van der Waals surface area contributed by atoms with E-state index in [0.717, 1.165) is 38.9 Å². The number of alkyl carbamates (subject to hydrolysis) is 1. The molecule has 0 spiro atoms. The summed E-state index contributed by atoms with van der Waals surface area (Å²) in [7, 11) is 0. The second-order valence-electron chi connectivity index (χ2n) is 12.6. The summed E-state index contributed by atoms with van der Waals surface area (Å²) in [5.41, 5.74) is 7.00. The van der Waals surface area contributed by atoms with Crippen molar-refractivity contribution < 1.29 is 19.1 Å². The average molecular weight is 642 g/mol. The molecule has 5 nitrogen and oxygen atoms in total. The van der Waals surface area contributed by atoms with Gasteiger partial charge in [-0.15, -0.1) is 11.8 Å². The Labute approximate surface area is 281 Å². The van der Waals surface area contributed by atoms with Crippen LogP contribution in [0.2, 0.25) is 0 Å². The summed E-state index contributed by atoms with van der Waals surface area (Å²) < 4.78 is 11.0. The van der Waals surface area contributed by atoms with Crippen LogP contribution in [0, 0.1) is 0 Å². The van der Waals surface area contributed by atoms with E-state index in [9.17, 15) is 9.59 Å². The maximum Gasteiger partial charge on any atom is 0.407 e. The zero-order chi connectivity index (χ0) is 32.9. The Balaban J connectivity index is 1.28. The number of fused-ring (bicyclic) bond motifs is 3. The minimum Gasteiger partial charge on any atom is -0.458 e. The van der Waals surface area contributed by atoms with Crippen molar-refractivity contribution in [2.45, 2.75) is 43.1 Å². The largest absolute Gasteiger partial charge is 0.458 e. The van der Waals surface area contributed by atoms with Gasteiger partial charge in [0.05, 0.1) is 4.75 Å². The molecule has 0 aliphatic heterocycles. The van der Waals surface area contributed by atoms with Crippen LogP contribution >= 0.6 is 11.8 Å². The van der Waals surface area contributed by atoms with Gasteiger partial charge in [0.15, 0.2) is 0 Å². The molecule has 1 atom stereocenters. The molecular weight excluding hydrogens is 603 g/mol. The molecule has 0 radical (unpaired) electrons. The topological polar surface area (TPSA) is 64.6 Å². The number of nitrogens with one attached hydrogen (secondary N) is 1. The molecular formula is C41H39NO4S. The van der Waals surface area contributed by atoms with Crippen molar-refractivity contribution >= 4 is 23.8 Å². The zero-order valence-corrected chi connectivity index (χ0v) is 27.7. The highest BCUT2D eigenvalue weighted by Crippen LogP contribution is 2.49. The second kappa shape index (κ2) is 13.9. The van der Waals surface area contributed by atoms with E-state index in [1.165, 1.54) is 0 Å². The van der Waals surface area contributed by atoms with Crippen molar-refractivity contribution in [2.75, 3.05) is 12.4 Å². The van der Waals surface area contributed by atoms with Gasteiger partial charge in [-0.25, -0.2) is 9.59 Å². The summed E-state index contributed by atoms with van der Waals surface area (Å²) in [5.74, 6) is -0.372. The molecule has 0 fully saturated rings. The quantitative estimate of drug-likeness (QED) is 0.122. The SMILES string of the molecule is CC(C)(C)OC(=O)C(CSC(c1ccccc1)(c1ccccc1)c1ccccc1)NC(=O)OCC1c2ccccc2-c2ccccc21. The summed E-state index contributed by atoms with van der Waals surface area (Å²) in [6.07, 6.45) is -0.659. The van der Waals surface area contributed by atoms with Crippen molar-refractivity contribution in [1.29, 1.82) is 0 Å². The van der Waals surface area contributed by atoms with E-state index < -0.39 is 28.5 Å². The van der Waals surface area contributed by atoms with Crippen LogP contribution in [0.1, 0.15) is 54.5 Å². The summed E-state index contributed by atoms with van der Waals surface area (Å²) in [6.45, 7) is 5.62. The molecule has 238 valence electrons. The van der Waals surface area contributed by atoms with Crippen molar-refractivity contribution in [3.8, 4) is 11.1 Å². The normalized spacial score (nSPS) is 13.3. The smallest absolute Gasteiger partial charge is 0.407 e. The summed E-state index contributed by atoms with van der Waals surface area (Å²) >= 11 is 1.59. The highest BCUT2D eigenvalue weighted by atomic mass is 32.2. The first-order chi connectivity index (χ1) is 22.8. The molecule has 5 aromatic rings. The number of esters is 1. The molecule has 1 unspecified atom stereocenters. The number of amides is 1. The van der Waals surface area contributed by atoms with E-state index in [0.29, 0.717) is 0 Å². The molecule has 1 amide bonds. The average Bonchev–Trinajstić information content (AvgIpc) is 3.41. The summed E-state index contributed by atoms with van der Waals surface area (Å²) in [6, 6.07) is 46.2. The maximum absolute atomic E-state index is 13.7. The monoisotopic (exact) mass is 641 g/mol. The van der Waals surface area contributed by atoms with Crippen LogP contribution in [0.5, 0.6) is 0 Å². The van der Waals surface area contributed by atoms with Gasteiger partial charge in [-0.1, -0.05) is 140 Å². The maximum atomic E-state index is 13.7. The second-order valence-corrected chi connectivity index (χ2v) is 13.9. The van der Waals surface area contributed by atoms with E-state index in [1.807, 2.05) is 99.6 Å². The lowest BCUT2D eigenvalue weighted by Crippen LogP contribution is -2.47. The minimum atomic E-state index is -0.967. The van der Waals surface area contributed by atoms with Gasteiger partial charge in [0, 0.05) is 11.7 Å². The van der Waals surface area contributed by atoms with Crippen LogP contribution in [0.4, 0.5) is 4.79 Å². The summed E-state index contributed by atoms with van der Waals surface area (Å²) in [5, 5.41) is 2.88. The summed E-state index contributed by atoms with van der Waals surface area (Å²) in [4.78, 5) is 27.2. The number of ether oxygens (including phenoxy) is 2. The van der Waals surface area contributed by atoms with Crippen molar-refractivity contribution in [2.24, 2.45) is 0 Å². The Kier molecular flexibility index (Phi) is 9.50. The molecule has 6 rings (SSSR count). The number of benzene rings is 5. The van der Waals surface area contributed by atoms with Crippen LogP contribution < -0.4 is 5.32 Å². The van der Waals surface area contributed by atoms with Crippen molar-refractivity contribution in [1.82, 2.24) is 5.32 Å². The highest BCUT2D eigenvalue weighted by Gasteiger charge is 2.39. The zero-order valence-electron chi connectivity index (χ0n) is 26.9. The Morgan fingerprint density at radius 2 is 1.09 bits per heavy atom. The van der Waals surface area contributed by atoms with E-state index in [1.54, 1.807) is 11.8 Å². The molecule has 0 saturated heterocycles. The molecule has 1 aliphatic rings. The van der Waals surface area contributed by atoms with Crippen LogP contribution in [0.25, 0.3) is 11.1 Å². The third kappa shape index (κ3) is 6.98. The highest BCUT2D eigenvalue weighted by molar-refractivity contribution is 8.00. The number of carbonyl (C=O) groups excluding carboxylic acids is 2. The fourth-order valence-electron chi connectivity index (χ4n) is 6.30. The molecule has 0 bridgehead atoms. The first-order valence-electron chi connectivity index (χ1n) is 15.9. The standard InChI is InChI=1S/C41H39NO4S/c1-40(2,3)46-38(43)37(42-39(44)45-27-36-34-25-15-13-23-32(34)33-24-14-16-26-35(33)36)28-47-41(29-17-7-4-8-18-29,30-19-9-5-10-20-30)31-21-11-6-12-22-31/h4-26,36-37H,27-28H2,1-3H3,(H,42,44). The molecule has 6 heteroatoms. The Hall–Kier alpha value is -4.81. The molecule has 0 heterocycles. The Morgan fingerprint density at radius 3 is 1.53 bits per heavy atom. The van der Waals surface area contributed by atoms with Crippen LogP contribution in [-0.4, -0.2) is 36.1 Å². The Bertz CT molecular complexity index is 1680. The minimum absolute atomic E-state index is 0.0932. The van der Waals surface area contributed by atoms with Gasteiger partial charge in [0.25, 0.3) is 0 Å². The molecule has 5 aromatic carbocycles. The number of rotatable bonds is 10. The van der Waals surface area contributed by atoms with Crippen LogP contribution in [0.15, 0.2) is 140 Å². The lowest BCUT2D eigenvalue weighted by molar-refractivity contribution is -0.156. The molecule has 1 aliphatic carbocycles. The van der Waals surface area contributed by atoms with Gasteiger partial charge in [-0.2, -0.15) is 0 Å². The van der Waals surface area contributed by atoms with Gasteiger partial charge >= 0.3 is 12.1 Å². The van der Waals surface area contributed by atoms with Gasteiger partial charge in [0.2, 0.25) is 0 Å². The van der Waals surface area contributed by atoms with Crippen molar-refractivity contribution in [3.63, 3.8) is 0 Å². The molecule has 0 aromatic heterocycles. The first kappa shape index (κ1) is 32.1. The fraction of sp³-hybridized carbons (Fsp3) is 0.220. The number of thioether (sulfide) groups is 1. The van der Waals surface area contributed by atoms with E-state index in [4.69, 9.17) is 9.47 Å². The molecule has 0 saturated carbocycles. The van der Waals surface area contributed by atoms with Gasteiger partial charge < -0.3 is 14.8 Å². The molecule has 1 N–H and O–H groups in total. The predicted octanol–water partition coefficient (Wildman–Crippen LogP) is 8.96. The number of hydrogen-bond acceptors (Lipinski definition) is 5. The fourth-order valence-corrected chi connectivity index (χ4v) is 7.85. The first-order valence-corrected chi connectivity index (χ1v) is 16.9. The van der Waals surface area contributed by atoms with E-state index >= 15 is 0 Å². The third-order valence-corrected chi connectivity index (χ3v) is 9.97. The predicted molar refractivity (Wildman–Crippen MR) is 190 cm³/mol. The van der Waals surface area contributed by atoms with Gasteiger partial charge in [-0.3, -0.25) is 0 Å². The van der Waals surface area contributed by atoms with E-state index in [-0.39, 0.29) is 18.3 Å². The lowest BCUT2D eigenvalue weighted by atomic mass is 9.84. The van der Waals surface area contributed by atoms with Crippen molar-refractivity contribution in [3.05, 3.63) is 167 Å². The van der Waals surface area contributed by atoms with E-state index in [2.05, 4.69) is 66.0 Å². The number of carbonyl (C=O) groups is 2. The van der Waals surface area contributed by atoms with Crippen LogP contribution in [0.3, 0.4) is 0 Å². The Morgan fingerprint density at radius 1 is 0.660 bits per heavy atom. The molecule has 47 heavy (non-hydrogen) atoms. The van der Waals surface area contributed by atoms with Crippen LogP contribution in [-0.2, 0) is 19.0 Å². The third-order valence-electron chi connectivity index (χ3n) is 8.33. The van der Waals surface area contributed by atoms with Gasteiger partial charge in [0.1, 0.15) is 18.2 Å². The number of hydrogen-bond donors (Lipinski definition) is 1. The van der Waals surface area contributed by atoms with Gasteiger partial charge in [-0.05, 0) is 59.7 Å². The lowest BCUT2D eigenvalue weighted by Gasteiger charge is -2.36.